The Hall–Kier alpha value is -0.280. The van der Waals surface area contributed by atoms with Crippen molar-refractivity contribution < 1.29 is 4.74 Å². The molecule has 0 aliphatic rings. The van der Waals surface area contributed by atoms with Crippen LogP contribution in [0.25, 0.3) is 0 Å². The first-order valence-corrected chi connectivity index (χ1v) is 2.59. The van der Waals surface area contributed by atoms with Crippen molar-refractivity contribution in [1.29, 1.82) is 5.41 Å². The summed E-state index contributed by atoms with van der Waals surface area (Å²) < 4.78 is 4.61. The van der Waals surface area contributed by atoms with Crippen LogP contribution in [-0.2, 0) is 4.74 Å². The van der Waals surface area contributed by atoms with Crippen LogP contribution >= 0.6 is 11.6 Å². The summed E-state index contributed by atoms with van der Waals surface area (Å²) in [4.78, 5) is 0. The summed E-state index contributed by atoms with van der Waals surface area (Å²) in [6.07, 6.45) is 0. The number of alkyl halides is 1. The Morgan fingerprint density at radius 2 is 2.50 bits per heavy atom. The Bertz CT molecular complexity index is 86.1. The summed E-state index contributed by atoms with van der Waals surface area (Å²) in [6, 6.07) is 0. The largest absolute Gasteiger partial charge is 0.386 e. The summed E-state index contributed by atoms with van der Waals surface area (Å²) in [7, 11) is 1.51. The van der Waals surface area contributed by atoms with Gasteiger partial charge in [-0.25, -0.2) is 0 Å². The van der Waals surface area contributed by atoms with E-state index in [0.29, 0.717) is 6.61 Å². The van der Waals surface area contributed by atoms with E-state index < -0.39 is 5.38 Å². The Labute approximate surface area is 53.3 Å². The summed E-state index contributed by atoms with van der Waals surface area (Å²) in [5, 5.41) is 6.30. The number of amidine groups is 1. The van der Waals surface area contributed by atoms with Gasteiger partial charge in [-0.2, -0.15) is 0 Å². The Morgan fingerprint density at radius 3 is 2.62 bits per heavy atom. The monoisotopic (exact) mass is 136 g/mol. The molecule has 0 rings (SSSR count). The van der Waals surface area contributed by atoms with Gasteiger partial charge in [0, 0.05) is 7.11 Å². The fourth-order valence-electron chi connectivity index (χ4n) is 0.236. The number of nitrogens with two attached hydrogens (primary N) is 1. The van der Waals surface area contributed by atoms with Gasteiger partial charge >= 0.3 is 0 Å². The second-order valence-electron chi connectivity index (χ2n) is 1.38. The number of hydrogen-bond donors (Lipinski definition) is 2. The summed E-state index contributed by atoms with van der Waals surface area (Å²) >= 11 is 5.44. The third-order valence-electron chi connectivity index (χ3n) is 0.650. The smallest absolute Gasteiger partial charge is 0.113 e. The molecule has 3 nitrogen and oxygen atoms in total. The molecule has 0 aliphatic heterocycles. The second-order valence-corrected chi connectivity index (χ2v) is 1.91. The maximum atomic E-state index is 6.77. The molecule has 3 N–H and O–H groups in total. The third kappa shape index (κ3) is 2.82. The number of halogens is 1. The van der Waals surface area contributed by atoms with Crippen LogP contribution < -0.4 is 5.73 Å². The predicted octanol–water partition coefficient (Wildman–Crippen LogP) is 0.176. The van der Waals surface area contributed by atoms with Crippen LogP contribution in [0.4, 0.5) is 0 Å². The number of rotatable bonds is 3. The zero-order chi connectivity index (χ0) is 6.57. The molecule has 0 aromatic carbocycles. The molecule has 0 bridgehead atoms. The highest BCUT2D eigenvalue weighted by molar-refractivity contribution is 6.31. The van der Waals surface area contributed by atoms with Crippen LogP contribution in [0.2, 0.25) is 0 Å². The lowest BCUT2D eigenvalue weighted by molar-refractivity contribution is 0.209. The molecule has 0 heterocycles. The molecule has 0 saturated carbocycles. The maximum Gasteiger partial charge on any atom is 0.113 e. The van der Waals surface area contributed by atoms with Crippen LogP contribution in [0.3, 0.4) is 0 Å². The minimum Gasteiger partial charge on any atom is -0.386 e. The minimum absolute atomic E-state index is 0.0477. The molecule has 0 aliphatic carbocycles. The van der Waals surface area contributed by atoms with E-state index in [9.17, 15) is 0 Å². The van der Waals surface area contributed by atoms with Gasteiger partial charge in [-0.15, -0.1) is 11.6 Å². The van der Waals surface area contributed by atoms with Crippen molar-refractivity contribution >= 4 is 17.4 Å². The number of hydrogen-bond acceptors (Lipinski definition) is 2. The Balaban J connectivity index is 3.32. The Morgan fingerprint density at radius 1 is 2.00 bits per heavy atom. The highest BCUT2D eigenvalue weighted by Gasteiger charge is 2.04. The van der Waals surface area contributed by atoms with Gasteiger partial charge in [0.05, 0.1) is 6.61 Å². The summed E-state index contributed by atoms with van der Waals surface area (Å²) in [5.41, 5.74) is 4.99. The zero-order valence-electron chi connectivity index (χ0n) is 4.65. The van der Waals surface area contributed by atoms with Crippen molar-refractivity contribution in [3.63, 3.8) is 0 Å². The van der Waals surface area contributed by atoms with Crippen molar-refractivity contribution in [3.8, 4) is 0 Å². The zero-order valence-corrected chi connectivity index (χ0v) is 5.40. The fraction of sp³-hybridized carbons (Fsp3) is 0.750. The molecule has 0 spiro atoms. The normalized spacial score (nSPS) is 13.2. The number of ether oxygens (including phenoxy) is 1. The van der Waals surface area contributed by atoms with E-state index in [2.05, 4.69) is 4.74 Å². The van der Waals surface area contributed by atoms with Gasteiger partial charge in [0.25, 0.3) is 0 Å². The van der Waals surface area contributed by atoms with Gasteiger partial charge in [-0.05, 0) is 0 Å². The molecule has 4 heteroatoms. The molecule has 0 fully saturated rings. The first kappa shape index (κ1) is 7.72. The van der Waals surface area contributed by atoms with E-state index in [-0.39, 0.29) is 5.84 Å². The van der Waals surface area contributed by atoms with E-state index in [1.54, 1.807) is 0 Å². The van der Waals surface area contributed by atoms with Crippen LogP contribution in [0.1, 0.15) is 0 Å². The lowest BCUT2D eigenvalue weighted by Crippen LogP contribution is -2.26. The van der Waals surface area contributed by atoms with E-state index >= 15 is 0 Å². The third-order valence-corrected chi connectivity index (χ3v) is 1.01. The minimum atomic E-state index is -0.472. The highest BCUT2D eigenvalue weighted by atomic mass is 35.5. The predicted molar refractivity (Wildman–Crippen MR) is 33.4 cm³/mol. The lowest BCUT2D eigenvalue weighted by Gasteiger charge is -2.03. The van der Waals surface area contributed by atoms with Crippen molar-refractivity contribution in [1.82, 2.24) is 0 Å². The topological polar surface area (TPSA) is 59.1 Å². The SMILES string of the molecule is COC[C@H](Cl)C(=N)N. The molecule has 0 saturated heterocycles. The van der Waals surface area contributed by atoms with Crippen LogP contribution in [0.15, 0.2) is 0 Å². The van der Waals surface area contributed by atoms with Gasteiger partial charge in [-0.3, -0.25) is 5.41 Å². The molecule has 8 heavy (non-hydrogen) atoms. The number of methoxy groups -OCH3 is 1. The Kier molecular flexibility index (Phi) is 3.56. The molecule has 1 atom stereocenters. The molecule has 0 radical (unpaired) electrons. The highest BCUT2D eigenvalue weighted by Crippen LogP contribution is 1.92. The average Bonchev–Trinajstić information content (AvgIpc) is 1.67. The number of nitrogens with one attached hydrogen (secondary N) is 1. The van der Waals surface area contributed by atoms with Crippen LogP contribution in [0, 0.1) is 5.41 Å². The van der Waals surface area contributed by atoms with Gasteiger partial charge in [-0.1, -0.05) is 0 Å². The van der Waals surface area contributed by atoms with E-state index in [1.165, 1.54) is 7.11 Å². The molecule has 48 valence electrons. The van der Waals surface area contributed by atoms with Crippen molar-refractivity contribution in [2.75, 3.05) is 13.7 Å². The molecular formula is C4H9ClN2O. The second kappa shape index (κ2) is 3.69. The van der Waals surface area contributed by atoms with Gasteiger partial charge < -0.3 is 10.5 Å². The summed E-state index contributed by atoms with van der Waals surface area (Å²) in [6.45, 7) is 0.302. The van der Waals surface area contributed by atoms with Crippen molar-refractivity contribution in [2.45, 2.75) is 5.38 Å². The van der Waals surface area contributed by atoms with E-state index in [0.717, 1.165) is 0 Å². The quantitative estimate of drug-likeness (QED) is 0.330. The summed E-state index contributed by atoms with van der Waals surface area (Å²) in [5.74, 6) is -0.0477. The first-order valence-electron chi connectivity index (χ1n) is 2.15. The van der Waals surface area contributed by atoms with E-state index in [4.69, 9.17) is 22.7 Å². The standard InChI is InChI=1S/C4H9ClN2O/c1-8-2-3(5)4(6)7/h3H,2H2,1H3,(H3,6,7)/t3-/m0/s1. The molecule has 0 unspecified atom stereocenters. The van der Waals surface area contributed by atoms with Gasteiger partial charge in [0.1, 0.15) is 11.2 Å². The van der Waals surface area contributed by atoms with Crippen molar-refractivity contribution in [3.05, 3.63) is 0 Å². The van der Waals surface area contributed by atoms with Gasteiger partial charge in [0.15, 0.2) is 0 Å². The molecule has 0 aromatic heterocycles. The van der Waals surface area contributed by atoms with Gasteiger partial charge in [0.2, 0.25) is 0 Å². The molecular weight excluding hydrogens is 128 g/mol. The maximum absolute atomic E-state index is 6.77. The lowest BCUT2D eigenvalue weighted by atomic mass is 10.4. The van der Waals surface area contributed by atoms with Crippen LogP contribution in [-0.4, -0.2) is 24.9 Å². The fourth-order valence-corrected chi connectivity index (χ4v) is 0.362. The molecule has 0 aromatic rings. The van der Waals surface area contributed by atoms with E-state index in [1.807, 2.05) is 0 Å². The van der Waals surface area contributed by atoms with Crippen molar-refractivity contribution in [2.24, 2.45) is 5.73 Å². The molecule has 0 amide bonds. The average molecular weight is 137 g/mol. The first-order chi connectivity index (χ1) is 3.68. The van der Waals surface area contributed by atoms with Crippen LogP contribution in [0.5, 0.6) is 0 Å².